The Labute approximate surface area is 128 Å². The van der Waals surface area contributed by atoms with Crippen molar-refractivity contribution in [1.29, 1.82) is 0 Å². The molecule has 0 atom stereocenters. The lowest BCUT2D eigenvalue weighted by Crippen LogP contribution is -2.09. The summed E-state index contributed by atoms with van der Waals surface area (Å²) in [6.45, 7) is 3.74. The van der Waals surface area contributed by atoms with Crippen LogP contribution in [0, 0.1) is 0 Å². The zero-order valence-corrected chi connectivity index (χ0v) is 13.8. The molecular formula is C11H10ClN3O2S3. The zero-order valence-electron chi connectivity index (χ0n) is 10.6. The van der Waals surface area contributed by atoms with Crippen molar-refractivity contribution in [3.63, 3.8) is 0 Å². The van der Waals surface area contributed by atoms with Gasteiger partial charge in [-0.3, -0.25) is 4.57 Å². The fourth-order valence-corrected chi connectivity index (χ4v) is 5.03. The Hall–Kier alpha value is -0.960. The highest BCUT2D eigenvalue weighted by molar-refractivity contribution is 8.13. The molecule has 3 rings (SSSR count). The molecule has 0 saturated heterocycles. The summed E-state index contributed by atoms with van der Waals surface area (Å²) in [6, 6.07) is 3.92. The van der Waals surface area contributed by atoms with Crippen LogP contribution in [0.2, 0.25) is 0 Å². The van der Waals surface area contributed by atoms with Crippen molar-refractivity contribution in [2.75, 3.05) is 0 Å². The van der Waals surface area contributed by atoms with Crippen molar-refractivity contribution >= 4 is 51.8 Å². The Balaban J connectivity index is 2.24. The summed E-state index contributed by atoms with van der Waals surface area (Å²) in [5, 5.41) is 9.57. The van der Waals surface area contributed by atoms with Crippen LogP contribution < -0.4 is 0 Å². The average molecular weight is 348 g/mol. The van der Waals surface area contributed by atoms with Gasteiger partial charge in [0.15, 0.2) is 5.82 Å². The van der Waals surface area contributed by atoms with E-state index in [1.54, 1.807) is 27.2 Å². The Morgan fingerprint density at radius 3 is 2.65 bits per heavy atom. The molecule has 9 heteroatoms. The highest BCUT2D eigenvalue weighted by Crippen LogP contribution is 2.37. The minimum atomic E-state index is -3.91. The van der Waals surface area contributed by atoms with Gasteiger partial charge >= 0.3 is 0 Å². The number of nitrogens with zero attached hydrogens (tertiary/aromatic N) is 3. The fraction of sp³-hybridized carbons (Fsp3) is 0.273. The third-order valence-electron chi connectivity index (χ3n) is 2.76. The Bertz CT molecular complexity index is 847. The standard InChI is InChI=1S/C11H10ClN3O2S3/c1-6(2)15-10(13-14-11(15)20(12,16)17)9-5-8-7(19-9)3-4-18-8/h3-6H,1-2H3. The van der Waals surface area contributed by atoms with Gasteiger partial charge in [-0.25, -0.2) is 8.42 Å². The number of thiophene rings is 2. The molecule has 0 aliphatic carbocycles. The van der Waals surface area contributed by atoms with Gasteiger partial charge in [0.1, 0.15) is 0 Å². The maximum atomic E-state index is 11.6. The number of aromatic nitrogens is 3. The maximum Gasteiger partial charge on any atom is 0.296 e. The summed E-state index contributed by atoms with van der Waals surface area (Å²) in [5.74, 6) is 0.535. The Kier molecular flexibility index (Phi) is 3.36. The van der Waals surface area contributed by atoms with Gasteiger partial charge in [-0.05, 0) is 31.4 Å². The normalized spacial score (nSPS) is 12.6. The van der Waals surface area contributed by atoms with Crippen LogP contribution >= 0.6 is 33.4 Å². The highest BCUT2D eigenvalue weighted by Gasteiger charge is 2.25. The number of fused-ring (bicyclic) bond motifs is 1. The average Bonchev–Trinajstić information content (AvgIpc) is 2.99. The van der Waals surface area contributed by atoms with Gasteiger partial charge < -0.3 is 0 Å². The molecule has 0 unspecified atom stereocenters. The van der Waals surface area contributed by atoms with Crippen LogP contribution in [-0.4, -0.2) is 23.2 Å². The van der Waals surface area contributed by atoms with Gasteiger partial charge in [-0.15, -0.1) is 32.9 Å². The largest absolute Gasteiger partial charge is 0.296 e. The van der Waals surface area contributed by atoms with Crippen molar-refractivity contribution in [2.45, 2.75) is 25.0 Å². The molecular weight excluding hydrogens is 338 g/mol. The van der Waals surface area contributed by atoms with Crippen molar-refractivity contribution in [3.8, 4) is 10.7 Å². The van der Waals surface area contributed by atoms with Crippen LogP contribution in [0.3, 0.4) is 0 Å². The van der Waals surface area contributed by atoms with E-state index in [2.05, 4.69) is 10.2 Å². The lowest BCUT2D eigenvalue weighted by molar-refractivity contribution is 0.531. The fourth-order valence-electron chi connectivity index (χ4n) is 1.95. The molecule has 106 valence electrons. The number of halogens is 1. The minimum Gasteiger partial charge on any atom is -0.294 e. The van der Waals surface area contributed by atoms with E-state index >= 15 is 0 Å². The van der Waals surface area contributed by atoms with E-state index in [1.165, 1.54) is 0 Å². The predicted molar refractivity (Wildman–Crippen MR) is 82.1 cm³/mol. The molecule has 0 aliphatic heterocycles. The monoisotopic (exact) mass is 347 g/mol. The van der Waals surface area contributed by atoms with Crippen LogP contribution in [0.25, 0.3) is 20.1 Å². The van der Waals surface area contributed by atoms with E-state index in [1.807, 2.05) is 31.4 Å². The van der Waals surface area contributed by atoms with E-state index in [0.29, 0.717) is 5.82 Å². The predicted octanol–water partition coefficient (Wildman–Crippen LogP) is 3.73. The lowest BCUT2D eigenvalue weighted by Gasteiger charge is -2.11. The lowest BCUT2D eigenvalue weighted by atomic mass is 10.3. The summed E-state index contributed by atoms with van der Waals surface area (Å²) >= 11 is 3.20. The van der Waals surface area contributed by atoms with Gasteiger partial charge in [0.2, 0.25) is 0 Å². The summed E-state index contributed by atoms with van der Waals surface area (Å²) < 4.78 is 27.0. The van der Waals surface area contributed by atoms with Crippen LogP contribution in [0.4, 0.5) is 0 Å². The molecule has 20 heavy (non-hydrogen) atoms. The van der Waals surface area contributed by atoms with Crippen LogP contribution in [0.1, 0.15) is 19.9 Å². The summed E-state index contributed by atoms with van der Waals surface area (Å²) in [6.07, 6.45) is 0. The number of hydrogen-bond acceptors (Lipinski definition) is 6. The van der Waals surface area contributed by atoms with Gasteiger partial charge in [0.25, 0.3) is 14.2 Å². The Morgan fingerprint density at radius 2 is 2.05 bits per heavy atom. The molecule has 0 fully saturated rings. The molecule has 5 nitrogen and oxygen atoms in total. The summed E-state index contributed by atoms with van der Waals surface area (Å²) in [4.78, 5) is 0.889. The molecule has 0 spiro atoms. The Morgan fingerprint density at radius 1 is 1.30 bits per heavy atom. The first kappa shape index (κ1) is 14.0. The molecule has 3 heterocycles. The molecule has 0 amide bonds. The van der Waals surface area contributed by atoms with E-state index in [-0.39, 0.29) is 11.2 Å². The van der Waals surface area contributed by atoms with Gasteiger partial charge in [0.05, 0.1) is 4.88 Å². The van der Waals surface area contributed by atoms with Gasteiger partial charge in [-0.2, -0.15) is 0 Å². The van der Waals surface area contributed by atoms with Crippen molar-refractivity contribution < 1.29 is 8.42 Å². The third-order valence-corrected chi connectivity index (χ3v) is 5.98. The zero-order chi connectivity index (χ0) is 14.5. The molecule has 0 radical (unpaired) electrons. The van der Waals surface area contributed by atoms with Crippen molar-refractivity contribution in [3.05, 3.63) is 17.5 Å². The van der Waals surface area contributed by atoms with Gasteiger partial charge in [-0.1, -0.05) is 0 Å². The molecule has 3 aromatic rings. The van der Waals surface area contributed by atoms with E-state index in [0.717, 1.165) is 14.3 Å². The van der Waals surface area contributed by atoms with Gasteiger partial charge in [0, 0.05) is 26.1 Å². The van der Waals surface area contributed by atoms with Crippen molar-refractivity contribution in [1.82, 2.24) is 14.8 Å². The minimum absolute atomic E-state index is 0.108. The summed E-state index contributed by atoms with van der Waals surface area (Å²) in [5.41, 5.74) is 0. The van der Waals surface area contributed by atoms with E-state index < -0.39 is 9.05 Å². The summed E-state index contributed by atoms with van der Waals surface area (Å²) in [7, 11) is 1.51. The van der Waals surface area contributed by atoms with Crippen LogP contribution in [0.15, 0.2) is 22.7 Å². The first-order valence-electron chi connectivity index (χ1n) is 5.75. The first-order valence-corrected chi connectivity index (χ1v) is 9.75. The molecule has 0 bridgehead atoms. The molecule has 0 aromatic carbocycles. The highest BCUT2D eigenvalue weighted by atomic mass is 35.7. The molecule has 0 N–H and O–H groups in total. The smallest absolute Gasteiger partial charge is 0.294 e. The maximum absolute atomic E-state index is 11.6. The van der Waals surface area contributed by atoms with E-state index in [4.69, 9.17) is 10.7 Å². The second-order valence-corrected chi connectivity index (χ2v) is 8.96. The van der Waals surface area contributed by atoms with Crippen LogP contribution in [-0.2, 0) is 9.05 Å². The van der Waals surface area contributed by atoms with E-state index in [9.17, 15) is 8.42 Å². The SMILES string of the molecule is CC(C)n1c(-c2cc3sccc3s2)nnc1S(=O)(=O)Cl. The number of rotatable bonds is 3. The molecule has 3 aromatic heterocycles. The third kappa shape index (κ3) is 2.26. The molecule has 0 saturated carbocycles. The quantitative estimate of drug-likeness (QED) is 0.677. The second-order valence-electron chi connectivity index (χ2n) is 4.47. The first-order chi connectivity index (χ1) is 9.38. The second kappa shape index (κ2) is 4.80. The topological polar surface area (TPSA) is 64.8 Å². The van der Waals surface area contributed by atoms with Crippen molar-refractivity contribution in [2.24, 2.45) is 0 Å². The molecule has 0 aliphatic rings. The number of hydrogen-bond donors (Lipinski definition) is 0. The van der Waals surface area contributed by atoms with Crippen LogP contribution in [0.5, 0.6) is 0 Å².